The van der Waals surface area contributed by atoms with Gasteiger partial charge in [0.05, 0.1) is 17.6 Å². The molecule has 0 saturated heterocycles. The van der Waals surface area contributed by atoms with Crippen molar-refractivity contribution in [2.75, 3.05) is 33.9 Å². The molecule has 0 aromatic heterocycles. The number of methoxy groups -OCH3 is 1. The number of hydrogen-bond donors (Lipinski definition) is 1. The number of ether oxygens (including phenoxy) is 1. The highest BCUT2D eigenvalue weighted by atomic mass is 79.9. The second-order valence-corrected chi connectivity index (χ2v) is 4.99. The van der Waals surface area contributed by atoms with Gasteiger partial charge in [-0.05, 0) is 34.1 Å². The van der Waals surface area contributed by atoms with Crippen LogP contribution in [0.1, 0.15) is 10.4 Å². The van der Waals surface area contributed by atoms with Crippen LogP contribution in [0.5, 0.6) is 0 Å². The first-order valence-electron chi connectivity index (χ1n) is 5.92. The minimum absolute atomic E-state index is 0.0970. The topological polar surface area (TPSA) is 58.6 Å². The Balaban J connectivity index is 2.58. The maximum Gasteiger partial charge on any atom is 0.254 e. The highest BCUT2D eigenvalue weighted by Crippen LogP contribution is 2.17. The smallest absolute Gasteiger partial charge is 0.254 e. The molecule has 0 aliphatic heterocycles. The van der Waals surface area contributed by atoms with Crippen LogP contribution in [0.3, 0.4) is 0 Å². The lowest BCUT2D eigenvalue weighted by molar-refractivity contribution is -0.121. The Hall–Kier alpha value is -1.47. The number of carbonyl (C=O) groups excluding carboxylic acids is 2. The zero-order valence-corrected chi connectivity index (χ0v) is 12.9. The van der Waals surface area contributed by atoms with E-state index in [0.29, 0.717) is 13.2 Å². The number of benzene rings is 1. The zero-order valence-electron chi connectivity index (χ0n) is 11.3. The highest BCUT2D eigenvalue weighted by molar-refractivity contribution is 9.10. The standard InChI is InChI=1S/C13H16BrFN2O3/c1-17(8-12(18)16-5-6-20-2)13(19)9-3-4-10(14)11(15)7-9/h3-4,7H,5-6,8H2,1-2H3,(H,16,18). The van der Waals surface area contributed by atoms with E-state index in [-0.39, 0.29) is 22.5 Å². The Morgan fingerprint density at radius 2 is 2.15 bits per heavy atom. The third-order valence-corrected chi connectivity index (χ3v) is 3.17. The summed E-state index contributed by atoms with van der Waals surface area (Å²) in [5.74, 6) is -1.23. The summed E-state index contributed by atoms with van der Waals surface area (Å²) < 4.78 is 18.4. The van der Waals surface area contributed by atoms with Crippen molar-refractivity contribution in [1.82, 2.24) is 10.2 Å². The molecule has 0 atom stereocenters. The van der Waals surface area contributed by atoms with Crippen molar-refractivity contribution in [3.05, 3.63) is 34.1 Å². The molecule has 1 rings (SSSR count). The van der Waals surface area contributed by atoms with E-state index in [1.165, 1.54) is 31.2 Å². The predicted octanol–water partition coefficient (Wildman–Crippen LogP) is 1.42. The molecule has 1 aromatic rings. The summed E-state index contributed by atoms with van der Waals surface area (Å²) in [5.41, 5.74) is 0.192. The van der Waals surface area contributed by atoms with Crippen LogP contribution in [0, 0.1) is 5.82 Å². The quantitative estimate of drug-likeness (QED) is 0.792. The van der Waals surface area contributed by atoms with Gasteiger partial charge >= 0.3 is 0 Å². The number of likely N-dealkylation sites (N-methyl/N-ethyl adjacent to an activating group) is 1. The molecule has 0 unspecified atom stereocenters. The fourth-order valence-electron chi connectivity index (χ4n) is 1.49. The molecular formula is C13H16BrFN2O3. The minimum Gasteiger partial charge on any atom is -0.383 e. The number of nitrogens with zero attached hydrogens (tertiary/aromatic N) is 1. The van der Waals surface area contributed by atoms with Crippen molar-refractivity contribution in [2.45, 2.75) is 0 Å². The zero-order chi connectivity index (χ0) is 15.1. The van der Waals surface area contributed by atoms with Gasteiger partial charge in [-0.3, -0.25) is 9.59 Å². The molecule has 0 heterocycles. The van der Waals surface area contributed by atoms with Gasteiger partial charge in [-0.1, -0.05) is 0 Å². The van der Waals surface area contributed by atoms with Gasteiger partial charge in [0.15, 0.2) is 0 Å². The molecule has 110 valence electrons. The molecule has 5 nitrogen and oxygen atoms in total. The molecule has 0 fully saturated rings. The van der Waals surface area contributed by atoms with E-state index in [1.54, 1.807) is 0 Å². The molecular weight excluding hydrogens is 331 g/mol. The number of rotatable bonds is 6. The lowest BCUT2D eigenvalue weighted by atomic mass is 10.2. The lowest BCUT2D eigenvalue weighted by Crippen LogP contribution is -2.39. The first kappa shape index (κ1) is 16.6. The van der Waals surface area contributed by atoms with Gasteiger partial charge in [0, 0.05) is 26.3 Å². The summed E-state index contributed by atoms with van der Waals surface area (Å²) in [5, 5.41) is 2.60. The van der Waals surface area contributed by atoms with E-state index in [9.17, 15) is 14.0 Å². The second kappa shape index (κ2) is 7.96. The average Bonchev–Trinajstić information content (AvgIpc) is 2.41. The first-order valence-corrected chi connectivity index (χ1v) is 6.71. The number of halogens is 2. The van der Waals surface area contributed by atoms with Crippen LogP contribution in [0.25, 0.3) is 0 Å². The summed E-state index contributed by atoms with van der Waals surface area (Å²) in [6, 6.07) is 4.08. The van der Waals surface area contributed by atoms with Gasteiger partial charge < -0.3 is 15.0 Å². The summed E-state index contributed by atoms with van der Waals surface area (Å²) in [6.45, 7) is 0.686. The number of carbonyl (C=O) groups is 2. The molecule has 2 amide bonds. The molecule has 1 aromatic carbocycles. The van der Waals surface area contributed by atoms with Gasteiger partial charge in [0.25, 0.3) is 5.91 Å². The summed E-state index contributed by atoms with van der Waals surface area (Å²) >= 11 is 3.02. The van der Waals surface area contributed by atoms with Crippen molar-refractivity contribution < 1.29 is 18.7 Å². The van der Waals surface area contributed by atoms with Crippen molar-refractivity contribution in [1.29, 1.82) is 0 Å². The van der Waals surface area contributed by atoms with Crippen LogP contribution in [-0.2, 0) is 9.53 Å². The third-order valence-electron chi connectivity index (χ3n) is 2.52. The lowest BCUT2D eigenvalue weighted by Gasteiger charge is -2.17. The summed E-state index contributed by atoms with van der Waals surface area (Å²) in [6.07, 6.45) is 0. The molecule has 0 aliphatic carbocycles. The van der Waals surface area contributed by atoms with E-state index in [2.05, 4.69) is 21.2 Å². The van der Waals surface area contributed by atoms with E-state index < -0.39 is 11.7 Å². The molecule has 1 N–H and O–H groups in total. The molecule has 7 heteroatoms. The van der Waals surface area contributed by atoms with Gasteiger partial charge in [0.2, 0.25) is 5.91 Å². The maximum absolute atomic E-state index is 13.4. The SMILES string of the molecule is COCCNC(=O)CN(C)C(=O)c1ccc(Br)c(F)c1. The largest absolute Gasteiger partial charge is 0.383 e. The van der Waals surface area contributed by atoms with Gasteiger partial charge in [-0.15, -0.1) is 0 Å². The summed E-state index contributed by atoms with van der Waals surface area (Å²) in [4.78, 5) is 24.8. The normalized spacial score (nSPS) is 10.2. The fraction of sp³-hybridized carbons (Fsp3) is 0.385. The van der Waals surface area contributed by atoms with Crippen LogP contribution in [0.15, 0.2) is 22.7 Å². The highest BCUT2D eigenvalue weighted by Gasteiger charge is 2.16. The van der Waals surface area contributed by atoms with Crippen molar-refractivity contribution in [3.8, 4) is 0 Å². The molecule has 0 bridgehead atoms. The molecule has 0 saturated carbocycles. The van der Waals surface area contributed by atoms with Crippen LogP contribution in [-0.4, -0.2) is 50.6 Å². The molecule has 20 heavy (non-hydrogen) atoms. The monoisotopic (exact) mass is 346 g/mol. The third kappa shape index (κ3) is 4.90. The Bertz CT molecular complexity index is 497. The second-order valence-electron chi connectivity index (χ2n) is 4.13. The number of amides is 2. The Kier molecular flexibility index (Phi) is 6.60. The average molecular weight is 347 g/mol. The van der Waals surface area contributed by atoms with Gasteiger partial charge in [-0.2, -0.15) is 0 Å². The van der Waals surface area contributed by atoms with Crippen molar-refractivity contribution in [3.63, 3.8) is 0 Å². The molecule has 0 aliphatic rings. The van der Waals surface area contributed by atoms with Crippen LogP contribution < -0.4 is 5.32 Å². The van der Waals surface area contributed by atoms with E-state index >= 15 is 0 Å². The van der Waals surface area contributed by atoms with E-state index in [1.807, 2.05) is 0 Å². The Labute approximate surface area is 125 Å². The van der Waals surface area contributed by atoms with Gasteiger partial charge in [0.1, 0.15) is 5.82 Å². The van der Waals surface area contributed by atoms with E-state index in [4.69, 9.17) is 4.74 Å². The predicted molar refractivity (Wildman–Crippen MR) is 75.9 cm³/mol. The molecule has 0 radical (unpaired) electrons. The van der Waals surface area contributed by atoms with Crippen LogP contribution in [0.4, 0.5) is 4.39 Å². The fourth-order valence-corrected chi connectivity index (χ4v) is 1.73. The maximum atomic E-state index is 13.4. The van der Waals surface area contributed by atoms with Crippen molar-refractivity contribution in [2.24, 2.45) is 0 Å². The number of hydrogen-bond acceptors (Lipinski definition) is 3. The minimum atomic E-state index is -0.520. The summed E-state index contributed by atoms with van der Waals surface area (Å²) in [7, 11) is 3.02. The van der Waals surface area contributed by atoms with Crippen LogP contribution >= 0.6 is 15.9 Å². The first-order chi connectivity index (χ1) is 9.45. The van der Waals surface area contributed by atoms with Crippen LogP contribution in [0.2, 0.25) is 0 Å². The molecule has 0 spiro atoms. The van der Waals surface area contributed by atoms with Gasteiger partial charge in [-0.25, -0.2) is 4.39 Å². The van der Waals surface area contributed by atoms with Crippen molar-refractivity contribution >= 4 is 27.7 Å². The van der Waals surface area contributed by atoms with E-state index in [0.717, 1.165) is 6.07 Å². The number of nitrogens with one attached hydrogen (secondary N) is 1. The Morgan fingerprint density at radius 1 is 1.45 bits per heavy atom. The Morgan fingerprint density at radius 3 is 2.75 bits per heavy atom.